The van der Waals surface area contributed by atoms with Gasteiger partial charge in [0.25, 0.3) is 5.69 Å². The number of benzene rings is 3. The molecular weight excluding hydrogens is 378 g/mol. The molecule has 0 atom stereocenters. The van der Waals surface area contributed by atoms with Gasteiger partial charge >= 0.3 is 0 Å². The number of rotatable bonds is 2. The van der Waals surface area contributed by atoms with Crippen LogP contribution in [0.15, 0.2) is 65.1 Å². The monoisotopic (exact) mass is 393 g/mol. The first kappa shape index (κ1) is 16.0. The summed E-state index contributed by atoms with van der Waals surface area (Å²) in [6, 6.07) is 20.1. The molecule has 25 heavy (non-hydrogen) atoms. The molecule has 0 radical (unpaired) electrons. The first-order valence-corrected chi connectivity index (χ1v) is 8.87. The third kappa shape index (κ3) is 2.40. The normalized spacial score (nSPS) is 14.0. The van der Waals surface area contributed by atoms with E-state index in [2.05, 4.69) is 66.2 Å². The second-order valence-corrected chi connectivity index (χ2v) is 7.71. The second-order valence-electron chi connectivity index (χ2n) is 6.85. The van der Waals surface area contributed by atoms with E-state index in [0.29, 0.717) is 4.47 Å². The molecule has 3 nitrogen and oxygen atoms in total. The SMILES string of the molecule is CC1(C)c2ccccc2-c2ccc(-c3ccc(Br)c([N+](=O)[O-])c3)cc21. The van der Waals surface area contributed by atoms with Gasteiger partial charge in [-0.05, 0) is 61.4 Å². The molecule has 0 saturated heterocycles. The van der Waals surface area contributed by atoms with Crippen molar-refractivity contribution < 1.29 is 4.92 Å². The Balaban J connectivity index is 1.88. The lowest BCUT2D eigenvalue weighted by molar-refractivity contribution is -0.385. The van der Waals surface area contributed by atoms with Gasteiger partial charge in [-0.15, -0.1) is 0 Å². The van der Waals surface area contributed by atoms with Crippen molar-refractivity contribution in [3.05, 3.63) is 86.4 Å². The Bertz CT molecular complexity index is 1020. The first-order valence-electron chi connectivity index (χ1n) is 8.08. The van der Waals surface area contributed by atoms with Crippen LogP contribution < -0.4 is 0 Å². The number of fused-ring (bicyclic) bond motifs is 3. The summed E-state index contributed by atoms with van der Waals surface area (Å²) in [5.74, 6) is 0. The number of hydrogen-bond acceptors (Lipinski definition) is 2. The summed E-state index contributed by atoms with van der Waals surface area (Å²) in [7, 11) is 0. The van der Waals surface area contributed by atoms with E-state index in [9.17, 15) is 10.1 Å². The Morgan fingerprint density at radius 2 is 1.52 bits per heavy atom. The van der Waals surface area contributed by atoms with Gasteiger partial charge in [-0.25, -0.2) is 0 Å². The maximum Gasteiger partial charge on any atom is 0.284 e. The van der Waals surface area contributed by atoms with Crippen LogP contribution in [0.25, 0.3) is 22.3 Å². The Labute approximate surface area is 154 Å². The lowest BCUT2D eigenvalue weighted by Gasteiger charge is -2.22. The molecule has 124 valence electrons. The van der Waals surface area contributed by atoms with E-state index < -0.39 is 0 Å². The second kappa shape index (κ2) is 5.53. The molecule has 1 aliphatic carbocycles. The average Bonchev–Trinajstić information content (AvgIpc) is 2.83. The molecule has 0 spiro atoms. The van der Waals surface area contributed by atoms with Gasteiger partial charge in [-0.2, -0.15) is 0 Å². The standard InChI is InChI=1S/C21H16BrNO2/c1-21(2)17-6-4-3-5-15(17)16-9-7-13(11-18(16)21)14-8-10-19(22)20(12-14)23(24)25/h3-12H,1-2H3. The summed E-state index contributed by atoms with van der Waals surface area (Å²) in [5, 5.41) is 11.2. The smallest absolute Gasteiger partial charge is 0.258 e. The van der Waals surface area contributed by atoms with Crippen molar-refractivity contribution in [1.29, 1.82) is 0 Å². The van der Waals surface area contributed by atoms with E-state index in [-0.39, 0.29) is 16.0 Å². The van der Waals surface area contributed by atoms with E-state index in [0.717, 1.165) is 11.1 Å². The van der Waals surface area contributed by atoms with Crippen LogP contribution in [0.2, 0.25) is 0 Å². The van der Waals surface area contributed by atoms with Crippen molar-refractivity contribution in [2.24, 2.45) is 0 Å². The lowest BCUT2D eigenvalue weighted by atomic mass is 9.81. The number of hydrogen-bond donors (Lipinski definition) is 0. The highest BCUT2D eigenvalue weighted by Gasteiger charge is 2.35. The van der Waals surface area contributed by atoms with Crippen molar-refractivity contribution in [2.45, 2.75) is 19.3 Å². The van der Waals surface area contributed by atoms with Crippen LogP contribution in [0, 0.1) is 10.1 Å². The zero-order valence-electron chi connectivity index (χ0n) is 13.9. The Morgan fingerprint density at radius 3 is 2.28 bits per heavy atom. The fourth-order valence-electron chi connectivity index (χ4n) is 3.72. The van der Waals surface area contributed by atoms with Gasteiger partial charge in [0.1, 0.15) is 0 Å². The van der Waals surface area contributed by atoms with E-state index >= 15 is 0 Å². The van der Waals surface area contributed by atoms with E-state index in [4.69, 9.17) is 0 Å². The topological polar surface area (TPSA) is 43.1 Å². The molecule has 0 aliphatic heterocycles. The Kier molecular flexibility index (Phi) is 3.55. The van der Waals surface area contributed by atoms with Crippen molar-refractivity contribution in [1.82, 2.24) is 0 Å². The van der Waals surface area contributed by atoms with Crippen LogP contribution >= 0.6 is 15.9 Å². The predicted octanol–water partition coefficient (Wildman–Crippen LogP) is 6.33. The van der Waals surface area contributed by atoms with E-state index in [1.54, 1.807) is 12.1 Å². The number of nitro groups is 1. The highest BCUT2D eigenvalue weighted by Crippen LogP contribution is 2.49. The zero-order valence-corrected chi connectivity index (χ0v) is 15.5. The quantitative estimate of drug-likeness (QED) is 0.377. The molecule has 0 heterocycles. The molecule has 0 N–H and O–H groups in total. The zero-order chi connectivity index (χ0) is 17.8. The highest BCUT2D eigenvalue weighted by atomic mass is 79.9. The van der Waals surface area contributed by atoms with Gasteiger partial charge in [0, 0.05) is 11.5 Å². The molecule has 3 aromatic carbocycles. The van der Waals surface area contributed by atoms with Gasteiger partial charge in [0.05, 0.1) is 9.40 Å². The van der Waals surface area contributed by atoms with E-state index in [1.807, 2.05) is 12.1 Å². The Hall–Kier alpha value is -2.46. The minimum Gasteiger partial charge on any atom is -0.258 e. The van der Waals surface area contributed by atoms with Gasteiger partial charge in [-0.1, -0.05) is 56.3 Å². The number of nitro benzene ring substituents is 1. The summed E-state index contributed by atoms with van der Waals surface area (Å²) in [6.07, 6.45) is 0. The minimum atomic E-state index is -0.360. The molecule has 4 heteroatoms. The molecule has 4 rings (SSSR count). The van der Waals surface area contributed by atoms with Crippen LogP contribution in [0.5, 0.6) is 0 Å². The van der Waals surface area contributed by atoms with Crippen molar-refractivity contribution >= 4 is 21.6 Å². The molecule has 1 aliphatic rings. The van der Waals surface area contributed by atoms with Gasteiger partial charge in [-0.3, -0.25) is 10.1 Å². The fraction of sp³-hybridized carbons (Fsp3) is 0.143. The highest BCUT2D eigenvalue weighted by molar-refractivity contribution is 9.10. The summed E-state index contributed by atoms with van der Waals surface area (Å²) in [6.45, 7) is 4.46. The van der Waals surface area contributed by atoms with Crippen LogP contribution in [0.1, 0.15) is 25.0 Å². The third-order valence-electron chi connectivity index (χ3n) is 5.06. The summed E-state index contributed by atoms with van der Waals surface area (Å²) in [4.78, 5) is 10.9. The van der Waals surface area contributed by atoms with Crippen molar-refractivity contribution in [3.63, 3.8) is 0 Å². The third-order valence-corrected chi connectivity index (χ3v) is 5.73. The lowest BCUT2D eigenvalue weighted by Crippen LogP contribution is -2.14. The molecule has 0 bridgehead atoms. The maximum atomic E-state index is 11.2. The molecule has 0 amide bonds. The Morgan fingerprint density at radius 1 is 0.880 bits per heavy atom. The first-order chi connectivity index (χ1) is 11.9. The largest absolute Gasteiger partial charge is 0.284 e. The predicted molar refractivity (Wildman–Crippen MR) is 104 cm³/mol. The van der Waals surface area contributed by atoms with Gasteiger partial charge in [0.2, 0.25) is 0 Å². The fourth-order valence-corrected chi connectivity index (χ4v) is 4.11. The summed E-state index contributed by atoms with van der Waals surface area (Å²) < 4.78 is 0.496. The minimum absolute atomic E-state index is 0.0801. The van der Waals surface area contributed by atoms with Gasteiger partial charge < -0.3 is 0 Å². The number of nitrogens with zero attached hydrogens (tertiary/aromatic N) is 1. The van der Waals surface area contributed by atoms with Crippen molar-refractivity contribution in [2.75, 3.05) is 0 Å². The molecule has 3 aromatic rings. The van der Waals surface area contributed by atoms with Crippen LogP contribution in [-0.4, -0.2) is 4.92 Å². The molecule has 0 fully saturated rings. The summed E-state index contributed by atoms with van der Waals surface area (Å²) in [5.41, 5.74) is 6.95. The van der Waals surface area contributed by atoms with Crippen LogP contribution in [0.3, 0.4) is 0 Å². The number of halogens is 1. The molecule has 0 saturated carbocycles. The van der Waals surface area contributed by atoms with Crippen molar-refractivity contribution in [3.8, 4) is 22.3 Å². The molecular formula is C21H16BrNO2. The van der Waals surface area contributed by atoms with E-state index in [1.165, 1.54) is 22.3 Å². The van der Waals surface area contributed by atoms with Crippen LogP contribution in [0.4, 0.5) is 5.69 Å². The van der Waals surface area contributed by atoms with Crippen LogP contribution in [-0.2, 0) is 5.41 Å². The van der Waals surface area contributed by atoms with Gasteiger partial charge in [0.15, 0.2) is 0 Å². The maximum absolute atomic E-state index is 11.2. The summed E-state index contributed by atoms with van der Waals surface area (Å²) >= 11 is 3.25. The molecule has 0 unspecified atom stereocenters. The average molecular weight is 394 g/mol. The molecule has 0 aromatic heterocycles.